The van der Waals surface area contributed by atoms with E-state index < -0.39 is 5.97 Å². The van der Waals surface area contributed by atoms with Gasteiger partial charge in [0.05, 0.1) is 20.6 Å². The van der Waals surface area contributed by atoms with Crippen LogP contribution in [0.3, 0.4) is 0 Å². The van der Waals surface area contributed by atoms with Gasteiger partial charge in [-0.3, -0.25) is 0 Å². The van der Waals surface area contributed by atoms with E-state index in [1.807, 2.05) is 42.5 Å². The predicted octanol–water partition coefficient (Wildman–Crippen LogP) is 7.17. The summed E-state index contributed by atoms with van der Waals surface area (Å²) in [7, 11) is 0. The number of hydrogen-bond acceptors (Lipinski definition) is 4. The lowest BCUT2D eigenvalue weighted by Crippen LogP contribution is -2.06. The smallest absolute Gasteiger partial charge is 0.363 e. The molecule has 0 aliphatic carbocycles. The topological polar surface area (TPSA) is 47.9 Å². The van der Waals surface area contributed by atoms with E-state index in [0.717, 1.165) is 14.7 Å². The van der Waals surface area contributed by atoms with Crippen molar-refractivity contribution in [3.8, 4) is 5.75 Å². The molecule has 0 radical (unpaired) electrons. The molecule has 4 nitrogen and oxygen atoms in total. The number of benzene rings is 3. The van der Waals surface area contributed by atoms with Crippen molar-refractivity contribution in [2.75, 3.05) is 0 Å². The third kappa shape index (κ3) is 5.41. The van der Waals surface area contributed by atoms with Crippen LogP contribution in [0, 0.1) is 3.57 Å². The zero-order valence-electron chi connectivity index (χ0n) is 15.7. The van der Waals surface area contributed by atoms with Crippen LogP contribution in [0.15, 0.2) is 71.4 Å². The minimum absolute atomic E-state index is 0.187. The number of hydrogen-bond donors (Lipinski definition) is 0. The molecule has 1 heterocycles. The van der Waals surface area contributed by atoms with Crippen molar-refractivity contribution < 1.29 is 14.3 Å². The summed E-state index contributed by atoms with van der Waals surface area (Å²) >= 11 is 20.4. The molecule has 3 aromatic carbocycles. The lowest BCUT2D eigenvalue weighted by Gasteiger charge is -2.08. The van der Waals surface area contributed by atoms with Crippen molar-refractivity contribution in [1.82, 2.24) is 0 Å². The average molecular weight is 585 g/mol. The highest BCUT2D eigenvalue weighted by atomic mass is 127. The Morgan fingerprint density at radius 2 is 1.77 bits per heavy atom. The van der Waals surface area contributed by atoms with Crippen molar-refractivity contribution in [3.63, 3.8) is 0 Å². The summed E-state index contributed by atoms with van der Waals surface area (Å²) in [5.41, 5.74) is 2.40. The Bertz CT molecular complexity index is 1240. The van der Waals surface area contributed by atoms with E-state index in [-0.39, 0.29) is 11.6 Å². The van der Waals surface area contributed by atoms with Crippen LogP contribution >= 0.6 is 57.4 Å². The Balaban J connectivity index is 1.53. The van der Waals surface area contributed by atoms with Crippen LogP contribution in [0.2, 0.25) is 15.1 Å². The fourth-order valence-electron chi connectivity index (χ4n) is 2.83. The van der Waals surface area contributed by atoms with Gasteiger partial charge in [-0.15, -0.1) is 0 Å². The zero-order valence-corrected chi connectivity index (χ0v) is 20.2. The molecule has 0 N–H and O–H groups in total. The van der Waals surface area contributed by atoms with Gasteiger partial charge in [0.1, 0.15) is 12.4 Å². The summed E-state index contributed by atoms with van der Waals surface area (Å²) < 4.78 is 12.1. The Hall–Kier alpha value is -2.06. The molecule has 8 heteroatoms. The minimum atomic E-state index is -0.535. The number of cyclic esters (lactones) is 1. The summed E-state index contributed by atoms with van der Waals surface area (Å²) in [5, 5.41) is 1.43. The van der Waals surface area contributed by atoms with Gasteiger partial charge in [-0.05, 0) is 82.3 Å². The van der Waals surface area contributed by atoms with E-state index >= 15 is 0 Å². The van der Waals surface area contributed by atoms with Gasteiger partial charge in [0.2, 0.25) is 5.90 Å². The lowest BCUT2D eigenvalue weighted by molar-refractivity contribution is -0.129. The standard InChI is InChI=1S/C23H13Cl3INO3/c24-18-7-5-15(27)11-17(18)22-28-21(23(29)31-22)10-13-2-1-3-16(8-13)30-12-14-4-6-19(25)20(26)9-14/h1-11H,12H2/b21-10-. The van der Waals surface area contributed by atoms with Gasteiger partial charge in [0, 0.05) is 3.57 Å². The quantitative estimate of drug-likeness (QED) is 0.181. The molecule has 0 fully saturated rings. The summed E-state index contributed by atoms with van der Waals surface area (Å²) in [6.07, 6.45) is 1.64. The molecule has 1 aliphatic rings. The minimum Gasteiger partial charge on any atom is -0.489 e. The van der Waals surface area contributed by atoms with Crippen LogP contribution in [0.25, 0.3) is 6.08 Å². The SMILES string of the molecule is O=C1OC(c2cc(I)ccc2Cl)=N/C1=C\c1cccc(OCc2ccc(Cl)c(Cl)c2)c1. The molecule has 4 rings (SSSR count). The third-order valence-corrected chi connectivity index (χ3v) is 6.07. The van der Waals surface area contributed by atoms with Crippen LogP contribution in [-0.2, 0) is 16.1 Å². The second-order valence-electron chi connectivity index (χ2n) is 6.57. The highest BCUT2D eigenvalue weighted by Crippen LogP contribution is 2.27. The van der Waals surface area contributed by atoms with E-state index in [4.69, 9.17) is 44.3 Å². The Kier molecular flexibility index (Phi) is 6.86. The summed E-state index contributed by atoms with van der Waals surface area (Å²) in [5.74, 6) is 0.287. The van der Waals surface area contributed by atoms with E-state index in [0.29, 0.717) is 33.0 Å². The normalized spacial score (nSPS) is 14.5. The molecule has 3 aromatic rings. The lowest BCUT2D eigenvalue weighted by atomic mass is 10.2. The fraction of sp³-hybridized carbons (Fsp3) is 0.0435. The van der Waals surface area contributed by atoms with E-state index in [1.165, 1.54) is 0 Å². The van der Waals surface area contributed by atoms with Crippen LogP contribution in [0.4, 0.5) is 0 Å². The number of rotatable bonds is 5. The van der Waals surface area contributed by atoms with Crippen molar-refractivity contribution in [2.24, 2.45) is 4.99 Å². The Morgan fingerprint density at radius 1 is 0.968 bits per heavy atom. The van der Waals surface area contributed by atoms with Crippen LogP contribution in [0.1, 0.15) is 16.7 Å². The molecule has 0 bridgehead atoms. The number of ether oxygens (including phenoxy) is 2. The first-order valence-electron chi connectivity index (χ1n) is 9.04. The molecule has 0 saturated carbocycles. The maximum Gasteiger partial charge on any atom is 0.363 e. The number of esters is 1. The summed E-state index contributed by atoms with van der Waals surface area (Å²) in [6, 6.07) is 18.1. The zero-order chi connectivity index (χ0) is 22.0. The van der Waals surface area contributed by atoms with Crippen LogP contribution in [-0.4, -0.2) is 11.9 Å². The van der Waals surface area contributed by atoms with Crippen LogP contribution in [0.5, 0.6) is 5.75 Å². The fourth-order valence-corrected chi connectivity index (χ4v) is 3.84. The first-order valence-corrected chi connectivity index (χ1v) is 11.2. The van der Waals surface area contributed by atoms with Gasteiger partial charge < -0.3 is 9.47 Å². The van der Waals surface area contributed by atoms with Gasteiger partial charge in [-0.2, -0.15) is 0 Å². The first kappa shape index (κ1) is 22.1. The molecule has 0 amide bonds. The number of carbonyl (C=O) groups excluding carboxylic acids is 1. The van der Waals surface area contributed by atoms with Crippen molar-refractivity contribution >= 4 is 75.3 Å². The van der Waals surface area contributed by atoms with Crippen LogP contribution < -0.4 is 4.74 Å². The molecule has 156 valence electrons. The van der Waals surface area contributed by atoms with Gasteiger partial charge in [-0.1, -0.05) is 53.0 Å². The van der Waals surface area contributed by atoms with Crippen molar-refractivity contribution in [1.29, 1.82) is 0 Å². The molecular formula is C23H13Cl3INO3. The van der Waals surface area contributed by atoms with Crippen molar-refractivity contribution in [2.45, 2.75) is 6.61 Å². The van der Waals surface area contributed by atoms with Gasteiger partial charge in [-0.25, -0.2) is 9.79 Å². The first-order chi connectivity index (χ1) is 14.9. The maximum absolute atomic E-state index is 12.3. The van der Waals surface area contributed by atoms with E-state index in [2.05, 4.69) is 27.6 Å². The predicted molar refractivity (Wildman–Crippen MR) is 132 cm³/mol. The second-order valence-corrected chi connectivity index (χ2v) is 9.04. The molecule has 1 aliphatic heterocycles. The molecule has 0 saturated heterocycles. The van der Waals surface area contributed by atoms with Gasteiger partial charge in [0.25, 0.3) is 0 Å². The molecular weight excluding hydrogens is 572 g/mol. The van der Waals surface area contributed by atoms with Gasteiger partial charge >= 0.3 is 5.97 Å². The van der Waals surface area contributed by atoms with E-state index in [9.17, 15) is 4.79 Å². The Labute approximate surface area is 207 Å². The Morgan fingerprint density at radius 3 is 2.58 bits per heavy atom. The highest BCUT2D eigenvalue weighted by Gasteiger charge is 2.25. The van der Waals surface area contributed by atoms with E-state index in [1.54, 1.807) is 24.3 Å². The number of aliphatic imine (C=N–C) groups is 1. The number of nitrogens with zero attached hydrogens (tertiary/aromatic N) is 1. The number of halogens is 4. The molecule has 0 aromatic heterocycles. The average Bonchev–Trinajstić information content (AvgIpc) is 3.11. The molecule has 0 spiro atoms. The third-order valence-electron chi connectivity index (χ3n) is 4.33. The van der Waals surface area contributed by atoms with Crippen molar-refractivity contribution in [3.05, 3.63) is 102 Å². The monoisotopic (exact) mass is 583 g/mol. The summed E-state index contributed by atoms with van der Waals surface area (Å²) in [4.78, 5) is 16.6. The largest absolute Gasteiger partial charge is 0.489 e. The molecule has 0 atom stereocenters. The summed E-state index contributed by atoms with van der Waals surface area (Å²) in [6.45, 7) is 0.326. The maximum atomic E-state index is 12.3. The molecule has 31 heavy (non-hydrogen) atoms. The highest BCUT2D eigenvalue weighted by molar-refractivity contribution is 14.1. The van der Waals surface area contributed by atoms with Gasteiger partial charge in [0.15, 0.2) is 5.70 Å². The number of carbonyl (C=O) groups is 1. The molecule has 0 unspecified atom stereocenters. The second kappa shape index (κ2) is 9.61.